The van der Waals surface area contributed by atoms with Gasteiger partial charge in [0.15, 0.2) is 0 Å². The van der Waals surface area contributed by atoms with Crippen molar-refractivity contribution >= 4 is 17.9 Å². The maximum absolute atomic E-state index is 13.3. The van der Waals surface area contributed by atoms with Gasteiger partial charge in [-0.25, -0.2) is 0 Å². The Morgan fingerprint density at radius 1 is 1.12 bits per heavy atom. The summed E-state index contributed by atoms with van der Waals surface area (Å²) in [6, 6.07) is 0. The van der Waals surface area contributed by atoms with Crippen LogP contribution in [0.5, 0.6) is 0 Å². The van der Waals surface area contributed by atoms with Crippen molar-refractivity contribution in [3.63, 3.8) is 0 Å². The number of nitrogens with zero attached hydrogens (tertiary/aromatic N) is 1. The van der Waals surface area contributed by atoms with Crippen LogP contribution in [0.15, 0.2) is 0 Å². The zero-order chi connectivity index (χ0) is 23.4. The van der Waals surface area contributed by atoms with Crippen LogP contribution >= 0.6 is 0 Å². The highest BCUT2D eigenvalue weighted by molar-refractivity contribution is 5.86. The van der Waals surface area contributed by atoms with E-state index < -0.39 is 36.3 Å². The third-order valence-corrected chi connectivity index (χ3v) is 9.12. The monoisotopic (exact) mass is 477 g/mol. The Kier molecular flexibility index (Phi) is 6.06. The van der Waals surface area contributed by atoms with Crippen LogP contribution in [-0.2, 0) is 38.1 Å². The summed E-state index contributed by atoms with van der Waals surface area (Å²) in [6.45, 7) is 4.68. The third-order valence-electron chi connectivity index (χ3n) is 9.12. The van der Waals surface area contributed by atoms with E-state index in [4.69, 9.17) is 23.7 Å². The summed E-state index contributed by atoms with van der Waals surface area (Å²) in [4.78, 5) is 40.7. The Bertz CT molecular complexity index is 828. The highest BCUT2D eigenvalue weighted by Gasteiger charge is 2.70. The summed E-state index contributed by atoms with van der Waals surface area (Å²) >= 11 is 0. The van der Waals surface area contributed by atoms with Crippen LogP contribution in [0.25, 0.3) is 0 Å². The summed E-state index contributed by atoms with van der Waals surface area (Å²) < 4.78 is 28.9. The zero-order valence-corrected chi connectivity index (χ0v) is 19.8. The lowest BCUT2D eigenvalue weighted by molar-refractivity contribution is -0.204. The van der Waals surface area contributed by atoms with Crippen LogP contribution in [0.3, 0.4) is 0 Å². The van der Waals surface area contributed by atoms with Crippen molar-refractivity contribution in [2.45, 2.75) is 70.1 Å². The van der Waals surface area contributed by atoms with Gasteiger partial charge in [-0.2, -0.15) is 0 Å². The fourth-order valence-electron chi connectivity index (χ4n) is 7.56. The molecule has 0 N–H and O–H groups in total. The minimum Gasteiger partial charge on any atom is -0.458 e. The lowest BCUT2D eigenvalue weighted by Gasteiger charge is -2.33. The minimum absolute atomic E-state index is 0.0946. The van der Waals surface area contributed by atoms with Gasteiger partial charge < -0.3 is 23.7 Å². The lowest BCUT2D eigenvalue weighted by atomic mass is 9.78. The smallest absolute Gasteiger partial charge is 0.320 e. The number of esters is 3. The second-order valence-corrected chi connectivity index (χ2v) is 11.0. The van der Waals surface area contributed by atoms with E-state index in [1.165, 1.54) is 19.3 Å². The summed E-state index contributed by atoms with van der Waals surface area (Å²) in [5.74, 6) is -1.32. The molecule has 6 aliphatic rings. The van der Waals surface area contributed by atoms with Gasteiger partial charge in [0, 0.05) is 31.3 Å². The minimum atomic E-state index is -0.643. The van der Waals surface area contributed by atoms with E-state index >= 15 is 0 Å². The second kappa shape index (κ2) is 9.06. The van der Waals surface area contributed by atoms with Crippen LogP contribution in [-0.4, -0.2) is 80.3 Å². The molecule has 188 valence electrons. The van der Waals surface area contributed by atoms with Gasteiger partial charge in [-0.15, -0.1) is 0 Å². The number of fused-ring (bicyclic) bond motifs is 3. The molecule has 6 fully saturated rings. The van der Waals surface area contributed by atoms with Crippen LogP contribution in [0, 0.1) is 35.5 Å². The highest BCUT2D eigenvalue weighted by Crippen LogP contribution is 2.59. The Hall–Kier alpha value is -1.71. The van der Waals surface area contributed by atoms with E-state index in [2.05, 4.69) is 0 Å². The maximum atomic E-state index is 13.3. The predicted octanol–water partition coefficient (Wildman–Crippen LogP) is 1.52. The van der Waals surface area contributed by atoms with Crippen molar-refractivity contribution in [3.05, 3.63) is 0 Å². The quantitative estimate of drug-likeness (QED) is 0.293. The predicted molar refractivity (Wildman–Crippen MR) is 116 cm³/mol. The summed E-state index contributed by atoms with van der Waals surface area (Å²) in [5.41, 5.74) is 0. The molecule has 0 radical (unpaired) electrons. The molecule has 0 aromatic rings. The molecule has 0 spiro atoms. The van der Waals surface area contributed by atoms with E-state index in [1.54, 1.807) is 0 Å². The van der Waals surface area contributed by atoms with Gasteiger partial charge in [-0.3, -0.25) is 19.3 Å². The first-order valence-corrected chi connectivity index (χ1v) is 13.1. The summed E-state index contributed by atoms with van der Waals surface area (Å²) in [6.07, 6.45) is 4.45. The van der Waals surface area contributed by atoms with Gasteiger partial charge in [0.1, 0.15) is 12.2 Å². The number of ether oxygens (including phenoxy) is 5. The molecule has 2 aliphatic heterocycles. The van der Waals surface area contributed by atoms with E-state index in [0.717, 1.165) is 12.3 Å². The van der Waals surface area contributed by atoms with Crippen molar-refractivity contribution in [1.29, 1.82) is 0 Å². The van der Waals surface area contributed by atoms with E-state index in [-0.39, 0.29) is 36.4 Å². The fourth-order valence-corrected chi connectivity index (χ4v) is 7.56. The van der Waals surface area contributed by atoms with E-state index in [0.29, 0.717) is 45.1 Å². The molecule has 9 heteroatoms. The Morgan fingerprint density at radius 2 is 1.94 bits per heavy atom. The number of rotatable bonds is 8. The normalized spacial score (nSPS) is 43.2. The summed E-state index contributed by atoms with van der Waals surface area (Å²) in [7, 11) is 0. The second-order valence-electron chi connectivity index (χ2n) is 11.0. The van der Waals surface area contributed by atoms with E-state index in [9.17, 15) is 14.4 Å². The van der Waals surface area contributed by atoms with Gasteiger partial charge in [0.2, 0.25) is 6.29 Å². The molecule has 34 heavy (non-hydrogen) atoms. The molecule has 9 nitrogen and oxygen atoms in total. The molecule has 4 bridgehead atoms. The highest BCUT2D eigenvalue weighted by atomic mass is 16.7. The van der Waals surface area contributed by atoms with Crippen LogP contribution in [0.4, 0.5) is 0 Å². The number of carbonyl (C=O) groups excluding carboxylic acids is 3. The van der Waals surface area contributed by atoms with Crippen LogP contribution < -0.4 is 0 Å². The van der Waals surface area contributed by atoms with E-state index in [1.807, 2.05) is 11.8 Å². The molecule has 0 amide bonds. The molecule has 0 aromatic heterocycles. The number of hydrogen-bond acceptors (Lipinski definition) is 9. The molecule has 10 atom stereocenters. The van der Waals surface area contributed by atoms with Crippen molar-refractivity contribution < 1.29 is 38.1 Å². The lowest BCUT2D eigenvalue weighted by Crippen LogP contribution is -2.46. The molecule has 6 rings (SSSR count). The molecule has 0 aromatic carbocycles. The van der Waals surface area contributed by atoms with Crippen LogP contribution in [0.1, 0.15) is 45.4 Å². The van der Waals surface area contributed by atoms with Crippen molar-refractivity contribution in [2.24, 2.45) is 35.5 Å². The molecular weight excluding hydrogens is 442 g/mol. The Labute approximate surface area is 199 Å². The third kappa shape index (κ3) is 3.93. The largest absolute Gasteiger partial charge is 0.458 e. The van der Waals surface area contributed by atoms with Crippen molar-refractivity contribution in [2.75, 3.05) is 32.8 Å². The molecule has 2 saturated heterocycles. The number of carbonyl (C=O) groups is 3. The van der Waals surface area contributed by atoms with Gasteiger partial charge in [-0.05, 0) is 43.9 Å². The molecule has 4 saturated carbocycles. The van der Waals surface area contributed by atoms with Crippen molar-refractivity contribution in [1.82, 2.24) is 4.90 Å². The first-order valence-electron chi connectivity index (χ1n) is 13.1. The SMILES string of the molecule is CCC(OC(=O)C1C2CC3C(OC(=O)C31)C2OC(=O)CN1CCOCC1)OC1CC2CCC1C2. The summed E-state index contributed by atoms with van der Waals surface area (Å²) in [5, 5.41) is 0. The molecule has 2 heterocycles. The van der Waals surface area contributed by atoms with Gasteiger partial charge in [-0.1, -0.05) is 6.92 Å². The zero-order valence-electron chi connectivity index (χ0n) is 19.8. The first-order chi connectivity index (χ1) is 16.5. The Morgan fingerprint density at radius 3 is 2.65 bits per heavy atom. The maximum Gasteiger partial charge on any atom is 0.320 e. The number of morpholine rings is 1. The van der Waals surface area contributed by atoms with Crippen LogP contribution in [0.2, 0.25) is 0 Å². The van der Waals surface area contributed by atoms with Gasteiger partial charge in [0.05, 0.1) is 37.7 Å². The molecular formula is C25H35NO8. The molecule has 10 unspecified atom stereocenters. The Balaban J connectivity index is 1.10. The van der Waals surface area contributed by atoms with Crippen molar-refractivity contribution in [3.8, 4) is 0 Å². The first kappa shape index (κ1) is 22.7. The molecule has 4 aliphatic carbocycles. The standard InChI is InChI=1S/C25H35NO8/c1-2-19(31-17-10-13-3-4-14(17)9-13)33-24(28)20-15-11-16-21(20)25(29)34-23(16)22(15)32-18(27)12-26-5-7-30-8-6-26/h13-17,19-23H,2-12H2,1H3. The van der Waals surface area contributed by atoms with Gasteiger partial charge in [0.25, 0.3) is 0 Å². The topological polar surface area (TPSA) is 101 Å². The van der Waals surface area contributed by atoms with Gasteiger partial charge >= 0.3 is 17.9 Å². The average Bonchev–Trinajstić information content (AvgIpc) is 3.62. The fraction of sp³-hybridized carbons (Fsp3) is 0.880. The number of hydrogen-bond donors (Lipinski definition) is 0. The average molecular weight is 478 g/mol.